The van der Waals surface area contributed by atoms with Crippen LogP contribution in [0.25, 0.3) is 0 Å². The third-order valence-corrected chi connectivity index (χ3v) is 2.68. The molecule has 3 nitrogen and oxygen atoms in total. The maximum atomic E-state index is 5.38. The number of unbranched alkanes of at least 4 members (excludes halogenated alkanes) is 3. The maximum absolute atomic E-state index is 5.38. The Bertz CT molecular complexity index is 126. The molecular weight excluding hydrogens is 198 g/mol. The smallest absolute Gasteiger partial charge is 0.00772 e. The second-order valence-corrected chi connectivity index (χ2v) is 4.89. The van der Waals surface area contributed by atoms with Crippen LogP contribution in [-0.2, 0) is 0 Å². The lowest BCUT2D eigenvalue weighted by molar-refractivity contribution is 0.510. The Labute approximate surface area is 102 Å². The Hall–Kier alpha value is -0.120. The van der Waals surface area contributed by atoms with Gasteiger partial charge < -0.3 is 16.4 Å². The highest BCUT2D eigenvalue weighted by atomic mass is 14.9. The van der Waals surface area contributed by atoms with Crippen LogP contribution in [-0.4, -0.2) is 32.7 Å². The molecule has 0 aliphatic rings. The van der Waals surface area contributed by atoms with Crippen molar-refractivity contribution in [2.75, 3.05) is 32.7 Å². The fourth-order valence-electron chi connectivity index (χ4n) is 1.68. The molecular formula is C13H31N3. The molecule has 98 valence electrons. The quantitative estimate of drug-likeness (QED) is 0.447. The molecule has 0 radical (unpaired) electrons. The Morgan fingerprint density at radius 2 is 1.44 bits per heavy atom. The summed E-state index contributed by atoms with van der Waals surface area (Å²) in [5.74, 6) is 0.867. The van der Waals surface area contributed by atoms with Gasteiger partial charge in [-0.25, -0.2) is 0 Å². The minimum absolute atomic E-state index is 0.732. The Kier molecular flexibility index (Phi) is 12.9. The largest absolute Gasteiger partial charge is 0.329 e. The van der Waals surface area contributed by atoms with E-state index in [0.29, 0.717) is 0 Å². The van der Waals surface area contributed by atoms with Crippen LogP contribution in [0.3, 0.4) is 0 Å². The lowest BCUT2D eigenvalue weighted by atomic mass is 10.0. The summed E-state index contributed by atoms with van der Waals surface area (Å²) in [6, 6.07) is 0. The first-order valence-corrected chi connectivity index (χ1v) is 6.89. The molecule has 0 rings (SSSR count). The first-order chi connectivity index (χ1) is 7.77. The van der Waals surface area contributed by atoms with E-state index in [0.717, 1.165) is 38.6 Å². The molecule has 0 aromatic heterocycles. The minimum Gasteiger partial charge on any atom is -0.329 e. The van der Waals surface area contributed by atoms with E-state index in [1.54, 1.807) is 0 Å². The minimum atomic E-state index is 0.732. The number of hydrogen-bond donors (Lipinski definition) is 3. The topological polar surface area (TPSA) is 50.1 Å². The van der Waals surface area contributed by atoms with Crippen molar-refractivity contribution >= 4 is 0 Å². The van der Waals surface area contributed by atoms with Crippen LogP contribution in [0, 0.1) is 5.92 Å². The third-order valence-electron chi connectivity index (χ3n) is 2.68. The summed E-state index contributed by atoms with van der Waals surface area (Å²) in [5.41, 5.74) is 5.38. The number of nitrogens with one attached hydrogen (secondary N) is 2. The SMILES string of the molecule is CC(C)CCCCCCNCCNCCN. The van der Waals surface area contributed by atoms with E-state index in [4.69, 9.17) is 5.73 Å². The highest BCUT2D eigenvalue weighted by Crippen LogP contribution is 2.08. The predicted molar refractivity (Wildman–Crippen MR) is 72.7 cm³/mol. The summed E-state index contributed by atoms with van der Waals surface area (Å²) in [7, 11) is 0. The van der Waals surface area contributed by atoms with Crippen molar-refractivity contribution in [2.24, 2.45) is 11.7 Å². The van der Waals surface area contributed by atoms with Crippen LogP contribution in [0.5, 0.6) is 0 Å². The molecule has 0 heterocycles. The molecule has 0 saturated heterocycles. The highest BCUT2D eigenvalue weighted by molar-refractivity contribution is 4.54. The first-order valence-electron chi connectivity index (χ1n) is 6.89. The number of rotatable bonds is 12. The van der Waals surface area contributed by atoms with E-state index in [1.165, 1.54) is 32.1 Å². The molecule has 3 heteroatoms. The normalized spacial score (nSPS) is 11.2. The van der Waals surface area contributed by atoms with E-state index >= 15 is 0 Å². The first kappa shape index (κ1) is 15.9. The summed E-state index contributed by atoms with van der Waals surface area (Å²) < 4.78 is 0. The van der Waals surface area contributed by atoms with Crippen LogP contribution in [0.1, 0.15) is 46.0 Å². The molecule has 16 heavy (non-hydrogen) atoms. The van der Waals surface area contributed by atoms with Gasteiger partial charge in [-0.2, -0.15) is 0 Å². The predicted octanol–water partition coefficient (Wildman–Crippen LogP) is 1.73. The summed E-state index contributed by atoms with van der Waals surface area (Å²) in [6.07, 6.45) is 6.86. The lowest BCUT2D eigenvalue weighted by Gasteiger charge is -2.06. The molecule has 0 fully saturated rings. The van der Waals surface area contributed by atoms with Crippen molar-refractivity contribution in [3.8, 4) is 0 Å². The molecule has 0 aromatic rings. The van der Waals surface area contributed by atoms with Gasteiger partial charge in [0.2, 0.25) is 0 Å². The van der Waals surface area contributed by atoms with Crippen LogP contribution >= 0.6 is 0 Å². The van der Waals surface area contributed by atoms with Gasteiger partial charge in [-0.15, -0.1) is 0 Å². The average Bonchev–Trinajstić information content (AvgIpc) is 2.25. The monoisotopic (exact) mass is 229 g/mol. The van der Waals surface area contributed by atoms with Gasteiger partial charge >= 0.3 is 0 Å². The van der Waals surface area contributed by atoms with Gasteiger partial charge in [-0.1, -0.05) is 39.5 Å². The molecule has 0 unspecified atom stereocenters. The van der Waals surface area contributed by atoms with E-state index < -0.39 is 0 Å². The van der Waals surface area contributed by atoms with Crippen LogP contribution < -0.4 is 16.4 Å². The van der Waals surface area contributed by atoms with E-state index in [9.17, 15) is 0 Å². The van der Waals surface area contributed by atoms with Crippen molar-refractivity contribution in [3.63, 3.8) is 0 Å². The van der Waals surface area contributed by atoms with Gasteiger partial charge in [0.05, 0.1) is 0 Å². The Morgan fingerprint density at radius 1 is 0.812 bits per heavy atom. The summed E-state index contributed by atoms with van der Waals surface area (Å²) in [6.45, 7) is 9.51. The molecule has 0 atom stereocenters. The molecule has 4 N–H and O–H groups in total. The standard InChI is InChI=1S/C13H31N3/c1-13(2)7-5-3-4-6-9-15-11-12-16-10-8-14/h13,15-16H,3-12,14H2,1-2H3. The number of nitrogens with two attached hydrogens (primary N) is 1. The van der Waals surface area contributed by atoms with Gasteiger partial charge in [0, 0.05) is 26.2 Å². The van der Waals surface area contributed by atoms with Crippen molar-refractivity contribution in [2.45, 2.75) is 46.0 Å². The Balaban J connectivity index is 2.88. The second-order valence-electron chi connectivity index (χ2n) is 4.89. The maximum Gasteiger partial charge on any atom is 0.00772 e. The van der Waals surface area contributed by atoms with Crippen LogP contribution in [0.2, 0.25) is 0 Å². The number of hydrogen-bond acceptors (Lipinski definition) is 3. The molecule has 0 aromatic carbocycles. The van der Waals surface area contributed by atoms with E-state index in [-0.39, 0.29) is 0 Å². The van der Waals surface area contributed by atoms with Crippen LogP contribution in [0.4, 0.5) is 0 Å². The van der Waals surface area contributed by atoms with Crippen LogP contribution in [0.15, 0.2) is 0 Å². The zero-order valence-corrected chi connectivity index (χ0v) is 11.2. The highest BCUT2D eigenvalue weighted by Gasteiger charge is 1.94. The lowest BCUT2D eigenvalue weighted by Crippen LogP contribution is -2.31. The van der Waals surface area contributed by atoms with Gasteiger partial charge in [0.1, 0.15) is 0 Å². The molecule has 0 bridgehead atoms. The van der Waals surface area contributed by atoms with Gasteiger partial charge in [-0.05, 0) is 18.9 Å². The second kappa shape index (κ2) is 12.9. The van der Waals surface area contributed by atoms with E-state index in [2.05, 4.69) is 24.5 Å². The fraction of sp³-hybridized carbons (Fsp3) is 1.00. The molecule has 0 spiro atoms. The third kappa shape index (κ3) is 13.9. The molecule has 0 aliphatic carbocycles. The van der Waals surface area contributed by atoms with Crippen molar-refractivity contribution in [3.05, 3.63) is 0 Å². The molecule has 0 aliphatic heterocycles. The summed E-state index contributed by atoms with van der Waals surface area (Å²) in [5, 5.41) is 6.71. The zero-order chi connectivity index (χ0) is 12.1. The van der Waals surface area contributed by atoms with Crippen molar-refractivity contribution < 1.29 is 0 Å². The van der Waals surface area contributed by atoms with Gasteiger partial charge in [0.15, 0.2) is 0 Å². The van der Waals surface area contributed by atoms with Gasteiger partial charge in [0.25, 0.3) is 0 Å². The van der Waals surface area contributed by atoms with Crippen molar-refractivity contribution in [1.29, 1.82) is 0 Å². The fourth-order valence-corrected chi connectivity index (χ4v) is 1.68. The van der Waals surface area contributed by atoms with E-state index in [1.807, 2.05) is 0 Å². The van der Waals surface area contributed by atoms with Crippen molar-refractivity contribution in [1.82, 2.24) is 10.6 Å². The summed E-state index contributed by atoms with van der Waals surface area (Å²) in [4.78, 5) is 0. The Morgan fingerprint density at radius 3 is 2.06 bits per heavy atom. The summed E-state index contributed by atoms with van der Waals surface area (Å²) >= 11 is 0. The molecule has 0 amide bonds. The van der Waals surface area contributed by atoms with Gasteiger partial charge in [-0.3, -0.25) is 0 Å². The zero-order valence-electron chi connectivity index (χ0n) is 11.2. The average molecular weight is 229 g/mol. The molecule has 0 saturated carbocycles.